The third-order valence-corrected chi connectivity index (χ3v) is 6.59. The summed E-state index contributed by atoms with van der Waals surface area (Å²) in [6.07, 6.45) is 5.80. The van der Waals surface area contributed by atoms with Crippen LogP contribution in [0.15, 0.2) is 54.9 Å². The van der Waals surface area contributed by atoms with Gasteiger partial charge in [0.25, 0.3) is 0 Å². The molecule has 2 aliphatic rings. The Kier molecular flexibility index (Phi) is 4.83. The molecule has 5 rings (SSSR count). The molecule has 1 fully saturated rings. The third-order valence-electron chi connectivity index (χ3n) is 6.59. The monoisotopic (exact) mass is 403 g/mol. The van der Waals surface area contributed by atoms with Crippen molar-refractivity contribution in [2.75, 3.05) is 13.1 Å². The molecule has 0 amide bonds. The lowest BCUT2D eigenvalue weighted by Crippen LogP contribution is -2.53. The van der Waals surface area contributed by atoms with Crippen molar-refractivity contribution >= 4 is 0 Å². The zero-order valence-corrected chi connectivity index (χ0v) is 17.1. The summed E-state index contributed by atoms with van der Waals surface area (Å²) < 4.78 is 0. The van der Waals surface area contributed by atoms with Gasteiger partial charge in [-0.15, -0.1) is 5.43 Å². The first-order valence-electron chi connectivity index (χ1n) is 10.6. The van der Waals surface area contributed by atoms with E-state index in [-0.39, 0.29) is 12.0 Å². The van der Waals surface area contributed by atoms with Crippen molar-refractivity contribution in [2.45, 2.75) is 43.7 Å². The van der Waals surface area contributed by atoms with E-state index in [0.717, 1.165) is 53.3 Å². The van der Waals surface area contributed by atoms with Gasteiger partial charge >= 0.3 is 0 Å². The van der Waals surface area contributed by atoms with Gasteiger partial charge in [0.2, 0.25) is 5.54 Å². The molecule has 0 spiro atoms. The summed E-state index contributed by atoms with van der Waals surface area (Å²) in [4.78, 5) is 18.6. The molecule has 7 nitrogen and oxygen atoms in total. The number of aryl methyl sites for hydroxylation is 1. The Labute approximate surface area is 175 Å². The van der Waals surface area contributed by atoms with E-state index in [2.05, 4.69) is 57.1 Å². The van der Waals surface area contributed by atoms with Crippen molar-refractivity contribution in [3.8, 4) is 11.3 Å². The van der Waals surface area contributed by atoms with Crippen LogP contribution in [-0.4, -0.2) is 44.7 Å². The highest BCUT2D eigenvalue weighted by molar-refractivity contribution is 5.64. The van der Waals surface area contributed by atoms with E-state index >= 15 is 0 Å². The van der Waals surface area contributed by atoms with Crippen LogP contribution >= 0.6 is 0 Å². The number of pyridine rings is 1. The molecule has 3 heterocycles. The number of nitrogens with one attached hydrogen (secondary N) is 3. The van der Waals surface area contributed by atoms with Gasteiger partial charge in [0, 0.05) is 68.0 Å². The first-order valence-corrected chi connectivity index (χ1v) is 10.6. The number of hydrogen-bond donors (Lipinski definition) is 3. The highest BCUT2D eigenvalue weighted by atomic mass is 16.3. The quantitative estimate of drug-likeness (QED) is 0.451. The molecule has 3 unspecified atom stereocenters. The van der Waals surface area contributed by atoms with E-state index in [4.69, 9.17) is 0 Å². The van der Waals surface area contributed by atoms with Crippen molar-refractivity contribution in [3.63, 3.8) is 0 Å². The van der Waals surface area contributed by atoms with Crippen LogP contribution in [0.1, 0.15) is 36.1 Å². The largest absolute Gasteiger partial charge is 0.314 e. The third kappa shape index (κ3) is 3.39. The fourth-order valence-electron chi connectivity index (χ4n) is 4.76. The molecule has 0 radical (unpaired) electrons. The van der Waals surface area contributed by atoms with E-state index in [1.54, 1.807) is 12.4 Å². The number of fused-ring (bicyclic) bond motifs is 1. The van der Waals surface area contributed by atoms with Gasteiger partial charge in [-0.3, -0.25) is 10.1 Å². The van der Waals surface area contributed by atoms with Crippen LogP contribution in [0.3, 0.4) is 0 Å². The van der Waals surface area contributed by atoms with Crippen LogP contribution in [0.2, 0.25) is 0 Å². The second-order valence-electron chi connectivity index (χ2n) is 8.64. The maximum atomic E-state index is 13.4. The average Bonchev–Trinajstić information content (AvgIpc) is 3.41. The number of H-pyrrole nitrogens is 1. The SMILES string of the molecule is CC1([N+](=O)NC2CNCC2c2ccccc2)CCc2[nH]nc(-c3ccncc3)c2C1. The fourth-order valence-corrected chi connectivity index (χ4v) is 4.76. The van der Waals surface area contributed by atoms with Crippen LogP contribution < -0.4 is 10.7 Å². The smallest absolute Gasteiger partial charge is 0.245 e. The van der Waals surface area contributed by atoms with Crippen molar-refractivity contribution in [1.29, 1.82) is 0 Å². The molecule has 0 saturated carbocycles. The maximum Gasteiger partial charge on any atom is 0.245 e. The van der Waals surface area contributed by atoms with Gasteiger partial charge in [-0.05, 0) is 24.1 Å². The topological polar surface area (TPSA) is 85.7 Å². The highest BCUT2D eigenvalue weighted by Crippen LogP contribution is 2.35. The maximum absolute atomic E-state index is 13.4. The fraction of sp³-hybridized carbons (Fsp3) is 0.391. The molecule has 30 heavy (non-hydrogen) atoms. The lowest BCUT2D eigenvalue weighted by molar-refractivity contribution is -0.681. The first-order chi connectivity index (χ1) is 14.6. The number of rotatable bonds is 5. The van der Waals surface area contributed by atoms with Crippen LogP contribution in [0.5, 0.6) is 0 Å². The average molecular weight is 404 g/mol. The van der Waals surface area contributed by atoms with E-state index in [1.807, 2.05) is 18.2 Å². The van der Waals surface area contributed by atoms with Gasteiger partial charge < -0.3 is 5.32 Å². The van der Waals surface area contributed by atoms with Gasteiger partial charge in [0.1, 0.15) is 10.9 Å². The van der Waals surface area contributed by atoms with Gasteiger partial charge in [-0.1, -0.05) is 30.3 Å². The van der Waals surface area contributed by atoms with Crippen LogP contribution in [0, 0.1) is 4.91 Å². The molecule has 7 heteroatoms. The summed E-state index contributed by atoms with van der Waals surface area (Å²) in [7, 11) is 0. The Hall–Kier alpha value is -3.06. The molecule has 3 atom stereocenters. The van der Waals surface area contributed by atoms with Crippen LogP contribution in [-0.2, 0) is 12.8 Å². The number of nitroso groups, excluding NO2 is 1. The second-order valence-corrected chi connectivity index (χ2v) is 8.64. The number of hydrazine groups is 1. The molecular weight excluding hydrogens is 376 g/mol. The lowest BCUT2D eigenvalue weighted by atomic mass is 9.81. The summed E-state index contributed by atoms with van der Waals surface area (Å²) in [5.74, 6) is 0.284. The predicted molar refractivity (Wildman–Crippen MR) is 115 cm³/mol. The summed E-state index contributed by atoms with van der Waals surface area (Å²) in [5.41, 5.74) is 8.27. The normalized spacial score (nSPS) is 25.6. The van der Waals surface area contributed by atoms with E-state index < -0.39 is 5.54 Å². The molecule has 1 aliphatic heterocycles. The predicted octanol–water partition coefficient (Wildman–Crippen LogP) is 2.76. The number of hydrogen-bond acceptors (Lipinski definition) is 4. The van der Waals surface area contributed by atoms with Gasteiger partial charge in [-0.2, -0.15) is 5.10 Å². The first kappa shape index (κ1) is 18.9. The number of aromatic amines is 1. The molecule has 0 bridgehead atoms. The minimum Gasteiger partial charge on any atom is -0.314 e. The number of benzene rings is 1. The summed E-state index contributed by atoms with van der Waals surface area (Å²) in [6.45, 7) is 3.72. The molecular formula is C23H27N6O+. The lowest BCUT2D eigenvalue weighted by Gasteiger charge is -2.27. The van der Waals surface area contributed by atoms with E-state index in [0.29, 0.717) is 6.42 Å². The molecule has 3 aromatic rings. The summed E-state index contributed by atoms with van der Waals surface area (Å²) in [5, 5.41) is 11.2. The zero-order valence-electron chi connectivity index (χ0n) is 17.1. The summed E-state index contributed by atoms with van der Waals surface area (Å²) in [6, 6.07) is 14.4. The number of aromatic nitrogens is 3. The second kappa shape index (κ2) is 7.65. The van der Waals surface area contributed by atoms with E-state index in [9.17, 15) is 4.91 Å². The molecule has 1 aromatic carbocycles. The van der Waals surface area contributed by atoms with Crippen molar-refractivity contribution in [3.05, 3.63) is 76.6 Å². The molecule has 154 valence electrons. The molecule has 3 N–H and O–H groups in total. The van der Waals surface area contributed by atoms with Gasteiger partial charge in [0.15, 0.2) is 0 Å². The van der Waals surface area contributed by atoms with Crippen molar-refractivity contribution in [1.82, 2.24) is 25.9 Å². The number of nitrogens with zero attached hydrogens (tertiary/aromatic N) is 3. The van der Waals surface area contributed by atoms with E-state index in [1.165, 1.54) is 5.56 Å². The highest BCUT2D eigenvalue weighted by Gasteiger charge is 2.48. The minimum absolute atomic E-state index is 0.0761. The molecule has 1 saturated heterocycles. The Morgan fingerprint density at radius 3 is 2.73 bits per heavy atom. The molecule has 1 aliphatic carbocycles. The standard InChI is InChI=1S/C23H27N6O/c1-23(29(30)28-21-15-25-14-19(21)16-5-3-2-4-6-16)10-7-20-18(13-23)22(27-26-20)17-8-11-24-12-9-17/h2-6,8-9,11-12,19,21,25H,7,10,13-15H2,1H3,(H,26,27)(H,28,30)/q+1. The Morgan fingerprint density at radius 1 is 1.13 bits per heavy atom. The van der Waals surface area contributed by atoms with Gasteiger partial charge in [-0.25, -0.2) is 0 Å². The Balaban J connectivity index is 1.35. The Bertz CT molecular complexity index is 1030. The summed E-state index contributed by atoms with van der Waals surface area (Å²) >= 11 is 0. The minimum atomic E-state index is -0.525. The van der Waals surface area contributed by atoms with Crippen molar-refractivity contribution < 1.29 is 4.87 Å². The van der Waals surface area contributed by atoms with Crippen molar-refractivity contribution in [2.24, 2.45) is 0 Å². The van der Waals surface area contributed by atoms with Crippen LogP contribution in [0.25, 0.3) is 11.3 Å². The molecule has 2 aromatic heterocycles. The van der Waals surface area contributed by atoms with Crippen LogP contribution in [0.4, 0.5) is 0 Å². The van der Waals surface area contributed by atoms with Gasteiger partial charge in [0.05, 0.1) is 10.6 Å². The Morgan fingerprint density at radius 2 is 1.93 bits per heavy atom. The zero-order chi connectivity index (χ0) is 20.6.